The molecule has 0 aliphatic rings. The predicted octanol–water partition coefficient (Wildman–Crippen LogP) is 0.252. The van der Waals surface area contributed by atoms with E-state index in [4.69, 9.17) is 16.6 Å². The van der Waals surface area contributed by atoms with Crippen LogP contribution < -0.4 is 11.5 Å². The molecule has 0 heterocycles. The van der Waals surface area contributed by atoms with Crippen molar-refractivity contribution in [1.29, 1.82) is 0 Å². The van der Waals surface area contributed by atoms with Gasteiger partial charge in [-0.3, -0.25) is 10.1 Å². The van der Waals surface area contributed by atoms with Gasteiger partial charge in [-0.15, -0.1) is 0 Å². The lowest BCUT2D eigenvalue weighted by molar-refractivity contribution is -0.384. The Labute approximate surface area is 90.8 Å². The van der Waals surface area contributed by atoms with Crippen LogP contribution in [0.3, 0.4) is 0 Å². The number of carboxylic acids is 1. The zero-order valence-corrected chi connectivity index (χ0v) is 8.29. The number of nitrogens with zero attached hydrogens (tertiary/aromatic N) is 1. The summed E-state index contributed by atoms with van der Waals surface area (Å²) in [5, 5.41) is 19.4. The second kappa shape index (κ2) is 4.69. The number of hydrogen-bond acceptors (Lipinski definition) is 5. The van der Waals surface area contributed by atoms with Crippen molar-refractivity contribution in [3.63, 3.8) is 0 Å². The number of nitro benzene ring substituents is 1. The molecule has 0 saturated carbocycles. The number of nitrogens with two attached hydrogens (primary N) is 2. The Hall–Kier alpha value is -1.99. The van der Waals surface area contributed by atoms with Crippen LogP contribution in [0.5, 0.6) is 0 Å². The highest BCUT2D eigenvalue weighted by Gasteiger charge is 2.18. The maximum Gasteiger partial charge on any atom is 0.336 e. The molecule has 86 valence electrons. The standard InChI is InChI=1S/C9H11N3O4/c10-4-8(11)6-2-1-5(12(15)16)3-7(6)9(13)14/h1-3,8H,4,10-11H2,(H,13,14)/t8-/m1/s1. The Kier molecular flexibility index (Phi) is 3.54. The smallest absolute Gasteiger partial charge is 0.336 e. The maximum absolute atomic E-state index is 10.9. The van der Waals surface area contributed by atoms with Gasteiger partial charge in [-0.1, -0.05) is 0 Å². The molecule has 1 aromatic rings. The lowest BCUT2D eigenvalue weighted by Crippen LogP contribution is -2.23. The number of rotatable bonds is 4. The molecule has 0 unspecified atom stereocenters. The topological polar surface area (TPSA) is 132 Å². The Balaban J connectivity index is 3.30. The first-order valence-corrected chi connectivity index (χ1v) is 4.44. The van der Waals surface area contributed by atoms with Gasteiger partial charge in [0, 0.05) is 24.7 Å². The van der Waals surface area contributed by atoms with Crippen LogP contribution in [-0.4, -0.2) is 22.5 Å². The molecule has 0 radical (unpaired) electrons. The second-order valence-corrected chi connectivity index (χ2v) is 3.18. The van der Waals surface area contributed by atoms with E-state index >= 15 is 0 Å². The molecule has 16 heavy (non-hydrogen) atoms. The van der Waals surface area contributed by atoms with Gasteiger partial charge in [-0.25, -0.2) is 4.79 Å². The Morgan fingerprint density at radius 2 is 2.19 bits per heavy atom. The molecule has 1 aromatic carbocycles. The molecule has 0 aromatic heterocycles. The summed E-state index contributed by atoms with van der Waals surface area (Å²) >= 11 is 0. The van der Waals surface area contributed by atoms with Crippen LogP contribution in [0.4, 0.5) is 5.69 Å². The summed E-state index contributed by atoms with van der Waals surface area (Å²) < 4.78 is 0. The summed E-state index contributed by atoms with van der Waals surface area (Å²) in [7, 11) is 0. The van der Waals surface area contributed by atoms with Crippen molar-refractivity contribution in [3.8, 4) is 0 Å². The van der Waals surface area contributed by atoms with E-state index in [0.29, 0.717) is 5.56 Å². The minimum absolute atomic E-state index is 0.0676. The highest BCUT2D eigenvalue weighted by atomic mass is 16.6. The fourth-order valence-electron chi connectivity index (χ4n) is 1.29. The van der Waals surface area contributed by atoms with Crippen molar-refractivity contribution in [2.75, 3.05) is 6.54 Å². The Morgan fingerprint density at radius 1 is 1.56 bits per heavy atom. The number of carboxylic acid groups (broad SMARTS) is 1. The van der Waals surface area contributed by atoms with Crippen LogP contribution in [0.1, 0.15) is 22.0 Å². The third-order valence-electron chi connectivity index (χ3n) is 2.13. The zero-order valence-electron chi connectivity index (χ0n) is 8.29. The maximum atomic E-state index is 10.9. The number of nitro groups is 1. The van der Waals surface area contributed by atoms with Gasteiger partial charge in [0.15, 0.2) is 0 Å². The molecule has 0 bridgehead atoms. The van der Waals surface area contributed by atoms with Crippen molar-refractivity contribution in [1.82, 2.24) is 0 Å². The summed E-state index contributed by atoms with van der Waals surface area (Å²) in [6, 6.07) is 2.86. The van der Waals surface area contributed by atoms with Crippen LogP contribution in [0.15, 0.2) is 18.2 Å². The van der Waals surface area contributed by atoms with E-state index in [1.807, 2.05) is 0 Å². The summed E-state index contributed by atoms with van der Waals surface area (Å²) in [5.41, 5.74) is 10.7. The Bertz CT molecular complexity index is 433. The molecule has 1 atom stereocenters. The molecule has 0 saturated heterocycles. The lowest BCUT2D eigenvalue weighted by atomic mass is 10.0. The van der Waals surface area contributed by atoms with Gasteiger partial charge in [0.2, 0.25) is 0 Å². The van der Waals surface area contributed by atoms with Gasteiger partial charge in [-0.2, -0.15) is 0 Å². The highest BCUT2D eigenvalue weighted by molar-refractivity contribution is 5.90. The quantitative estimate of drug-likeness (QED) is 0.497. The van der Waals surface area contributed by atoms with Crippen LogP contribution in [0, 0.1) is 10.1 Å². The molecule has 0 aliphatic heterocycles. The predicted molar refractivity (Wildman–Crippen MR) is 56.0 cm³/mol. The van der Waals surface area contributed by atoms with Gasteiger partial charge in [0.05, 0.1) is 10.5 Å². The van der Waals surface area contributed by atoms with Gasteiger partial charge in [-0.05, 0) is 11.6 Å². The number of non-ortho nitro benzene ring substituents is 1. The van der Waals surface area contributed by atoms with Crippen LogP contribution in [0.25, 0.3) is 0 Å². The molecule has 0 fully saturated rings. The first kappa shape index (κ1) is 12.1. The number of benzene rings is 1. The second-order valence-electron chi connectivity index (χ2n) is 3.18. The van der Waals surface area contributed by atoms with Crippen LogP contribution in [-0.2, 0) is 0 Å². The third-order valence-corrected chi connectivity index (χ3v) is 2.13. The van der Waals surface area contributed by atoms with Gasteiger partial charge in [0.25, 0.3) is 5.69 Å². The summed E-state index contributed by atoms with van der Waals surface area (Å²) in [5.74, 6) is -1.26. The van der Waals surface area contributed by atoms with Gasteiger partial charge in [0.1, 0.15) is 0 Å². The Morgan fingerprint density at radius 3 is 2.62 bits per heavy atom. The fraction of sp³-hybridized carbons (Fsp3) is 0.222. The molecule has 0 spiro atoms. The molecule has 0 aliphatic carbocycles. The molecule has 7 heteroatoms. The SMILES string of the molecule is NC[C@@H](N)c1ccc([N+](=O)[O-])cc1C(=O)O. The normalized spacial score (nSPS) is 12.1. The summed E-state index contributed by atoms with van der Waals surface area (Å²) in [6.45, 7) is 0.0676. The number of hydrogen-bond donors (Lipinski definition) is 3. The monoisotopic (exact) mass is 225 g/mol. The molecule has 1 rings (SSSR count). The molecular formula is C9H11N3O4. The van der Waals surface area contributed by atoms with E-state index < -0.39 is 16.9 Å². The zero-order chi connectivity index (χ0) is 12.3. The first-order chi connectivity index (χ1) is 7.47. The summed E-state index contributed by atoms with van der Waals surface area (Å²) in [6.07, 6.45) is 0. The average molecular weight is 225 g/mol. The van der Waals surface area contributed by atoms with Gasteiger partial charge < -0.3 is 16.6 Å². The fourth-order valence-corrected chi connectivity index (χ4v) is 1.29. The van der Waals surface area contributed by atoms with E-state index in [1.165, 1.54) is 12.1 Å². The van der Waals surface area contributed by atoms with E-state index in [0.717, 1.165) is 6.07 Å². The molecule has 5 N–H and O–H groups in total. The minimum atomic E-state index is -1.26. The molecular weight excluding hydrogens is 214 g/mol. The number of aromatic carboxylic acids is 1. The highest BCUT2D eigenvalue weighted by Crippen LogP contribution is 2.21. The van der Waals surface area contributed by atoms with Crippen molar-refractivity contribution in [2.45, 2.75) is 6.04 Å². The van der Waals surface area contributed by atoms with Gasteiger partial charge >= 0.3 is 5.97 Å². The number of carbonyl (C=O) groups is 1. The van der Waals surface area contributed by atoms with E-state index in [9.17, 15) is 14.9 Å². The van der Waals surface area contributed by atoms with Crippen molar-refractivity contribution in [3.05, 3.63) is 39.4 Å². The lowest BCUT2D eigenvalue weighted by Gasteiger charge is -2.11. The largest absolute Gasteiger partial charge is 0.478 e. The third kappa shape index (κ3) is 2.33. The van der Waals surface area contributed by atoms with Crippen molar-refractivity contribution >= 4 is 11.7 Å². The van der Waals surface area contributed by atoms with E-state index in [-0.39, 0.29) is 17.8 Å². The first-order valence-electron chi connectivity index (χ1n) is 4.44. The van der Waals surface area contributed by atoms with Crippen molar-refractivity contribution in [2.24, 2.45) is 11.5 Å². The molecule has 0 amide bonds. The van der Waals surface area contributed by atoms with E-state index in [1.54, 1.807) is 0 Å². The minimum Gasteiger partial charge on any atom is -0.478 e. The molecule has 7 nitrogen and oxygen atoms in total. The van der Waals surface area contributed by atoms with E-state index in [2.05, 4.69) is 0 Å². The van der Waals surface area contributed by atoms with Crippen LogP contribution >= 0.6 is 0 Å². The summed E-state index contributed by atoms with van der Waals surface area (Å²) in [4.78, 5) is 20.7. The van der Waals surface area contributed by atoms with Crippen LogP contribution in [0.2, 0.25) is 0 Å². The average Bonchev–Trinajstić information content (AvgIpc) is 2.26. The van der Waals surface area contributed by atoms with Crippen molar-refractivity contribution < 1.29 is 14.8 Å².